The minimum Gasteiger partial charge on any atom is -0.493 e. The molecule has 26 heavy (non-hydrogen) atoms. The van der Waals surface area contributed by atoms with E-state index in [4.69, 9.17) is 9.47 Å². The van der Waals surface area contributed by atoms with Gasteiger partial charge in [-0.05, 0) is 70.9 Å². The third-order valence-corrected chi connectivity index (χ3v) is 5.90. The molecule has 2 rings (SSSR count). The van der Waals surface area contributed by atoms with E-state index in [0.717, 1.165) is 54.7 Å². The molecule has 1 saturated heterocycles. The van der Waals surface area contributed by atoms with Gasteiger partial charge in [0.25, 0.3) is 0 Å². The van der Waals surface area contributed by atoms with Gasteiger partial charge in [0.15, 0.2) is 0 Å². The van der Waals surface area contributed by atoms with Crippen molar-refractivity contribution in [2.45, 2.75) is 59.5 Å². The molecule has 1 fully saturated rings. The van der Waals surface area contributed by atoms with Crippen molar-refractivity contribution in [2.75, 3.05) is 19.7 Å². The molecule has 1 heterocycles. The first-order valence-corrected chi connectivity index (χ1v) is 10.3. The van der Waals surface area contributed by atoms with Gasteiger partial charge in [0.05, 0.1) is 6.61 Å². The quantitative estimate of drug-likeness (QED) is 0.597. The molecule has 0 spiro atoms. The Hall–Kier alpha value is -1.23. The van der Waals surface area contributed by atoms with Crippen molar-refractivity contribution in [3.05, 3.63) is 28.2 Å². The molecule has 0 aliphatic carbocycles. The topological polar surface area (TPSA) is 38.8 Å². The van der Waals surface area contributed by atoms with Crippen LogP contribution in [0.25, 0.3) is 0 Å². The molecule has 0 saturated carbocycles. The van der Waals surface area contributed by atoms with Crippen LogP contribution in [-0.2, 0) is 4.74 Å². The molecule has 1 aliphatic rings. The predicted molar refractivity (Wildman–Crippen MR) is 109 cm³/mol. The van der Waals surface area contributed by atoms with Crippen LogP contribution >= 0.6 is 15.9 Å². The minimum absolute atomic E-state index is 0.183. The number of carbonyl (C=O) groups is 1. The largest absolute Gasteiger partial charge is 0.493 e. The van der Waals surface area contributed by atoms with E-state index in [1.807, 2.05) is 43.9 Å². The number of carbonyl (C=O) groups excluding carboxylic acids is 1. The molecule has 0 unspecified atom stereocenters. The summed E-state index contributed by atoms with van der Waals surface area (Å²) in [6, 6.07) is 6.05. The zero-order valence-electron chi connectivity index (χ0n) is 16.7. The van der Waals surface area contributed by atoms with Gasteiger partial charge in [0.2, 0.25) is 0 Å². The fraction of sp³-hybridized carbons (Fsp3) is 0.667. The number of likely N-dealkylation sites (tertiary alicyclic amines) is 1. The van der Waals surface area contributed by atoms with Gasteiger partial charge in [0, 0.05) is 23.1 Å². The second kappa shape index (κ2) is 9.12. The average molecular weight is 426 g/mol. The zero-order chi connectivity index (χ0) is 19.3. The van der Waals surface area contributed by atoms with Crippen LogP contribution in [0.15, 0.2) is 22.7 Å². The number of halogens is 1. The number of ether oxygens (including phenoxy) is 2. The van der Waals surface area contributed by atoms with Crippen LogP contribution in [0.3, 0.4) is 0 Å². The minimum atomic E-state index is -0.427. The standard InChI is InChI=1S/C21H32BrNO3/c1-15(11-14-25-19-8-6-7-18(22)16(19)2)17-9-12-23(13-10-17)20(24)26-21(3,4)5/h6-8,15,17H,9-14H2,1-5H3/t15-/m0/s1. The molecule has 1 aromatic rings. The third-order valence-electron chi connectivity index (χ3n) is 5.04. The second-order valence-electron chi connectivity index (χ2n) is 8.28. The van der Waals surface area contributed by atoms with E-state index in [-0.39, 0.29) is 6.09 Å². The number of nitrogens with zero attached hydrogens (tertiary/aromatic N) is 1. The van der Waals surface area contributed by atoms with Crippen LogP contribution in [0.4, 0.5) is 4.79 Å². The Balaban J connectivity index is 1.74. The van der Waals surface area contributed by atoms with Crippen LogP contribution in [0.1, 0.15) is 52.5 Å². The molecule has 146 valence electrons. The first kappa shape index (κ1) is 21.1. The van der Waals surface area contributed by atoms with Crippen LogP contribution in [0, 0.1) is 18.8 Å². The average Bonchev–Trinajstić information content (AvgIpc) is 2.57. The fourth-order valence-electron chi connectivity index (χ4n) is 3.31. The van der Waals surface area contributed by atoms with Crippen molar-refractivity contribution in [3.8, 4) is 5.75 Å². The Morgan fingerprint density at radius 2 is 1.96 bits per heavy atom. The van der Waals surface area contributed by atoms with Crippen molar-refractivity contribution in [1.82, 2.24) is 4.90 Å². The van der Waals surface area contributed by atoms with Crippen molar-refractivity contribution >= 4 is 22.0 Å². The van der Waals surface area contributed by atoms with E-state index in [1.54, 1.807) is 0 Å². The number of rotatable bonds is 5. The number of piperidine rings is 1. The van der Waals surface area contributed by atoms with Gasteiger partial charge in [0.1, 0.15) is 11.4 Å². The van der Waals surface area contributed by atoms with Gasteiger partial charge in [-0.3, -0.25) is 0 Å². The van der Waals surface area contributed by atoms with Gasteiger partial charge in [-0.1, -0.05) is 28.9 Å². The van der Waals surface area contributed by atoms with Crippen LogP contribution in [0.5, 0.6) is 5.75 Å². The maximum atomic E-state index is 12.2. The summed E-state index contributed by atoms with van der Waals surface area (Å²) in [4.78, 5) is 14.0. The molecular formula is C21H32BrNO3. The number of hydrogen-bond acceptors (Lipinski definition) is 3. The van der Waals surface area contributed by atoms with Crippen molar-refractivity contribution < 1.29 is 14.3 Å². The monoisotopic (exact) mass is 425 g/mol. The molecule has 0 bridgehead atoms. The smallest absolute Gasteiger partial charge is 0.410 e. The van der Waals surface area contributed by atoms with Gasteiger partial charge in [-0.15, -0.1) is 0 Å². The highest BCUT2D eigenvalue weighted by Crippen LogP contribution is 2.29. The van der Waals surface area contributed by atoms with E-state index in [0.29, 0.717) is 11.8 Å². The van der Waals surface area contributed by atoms with Gasteiger partial charge in [-0.2, -0.15) is 0 Å². The Bertz CT molecular complexity index is 604. The lowest BCUT2D eigenvalue weighted by molar-refractivity contribution is 0.0158. The Kier molecular flexibility index (Phi) is 7.39. The van der Waals surface area contributed by atoms with Gasteiger partial charge >= 0.3 is 6.09 Å². The number of amides is 1. The maximum absolute atomic E-state index is 12.2. The summed E-state index contributed by atoms with van der Waals surface area (Å²) in [5, 5.41) is 0. The highest BCUT2D eigenvalue weighted by molar-refractivity contribution is 9.10. The van der Waals surface area contributed by atoms with Gasteiger partial charge < -0.3 is 14.4 Å². The summed E-state index contributed by atoms with van der Waals surface area (Å²) in [6.07, 6.45) is 2.92. The van der Waals surface area contributed by atoms with E-state index in [1.165, 1.54) is 0 Å². The fourth-order valence-corrected chi connectivity index (χ4v) is 3.66. The van der Waals surface area contributed by atoms with Crippen molar-refractivity contribution in [3.63, 3.8) is 0 Å². The Labute approximate surface area is 166 Å². The molecule has 0 radical (unpaired) electrons. The molecule has 1 amide bonds. The van der Waals surface area contributed by atoms with E-state index in [9.17, 15) is 4.79 Å². The van der Waals surface area contributed by atoms with Crippen LogP contribution < -0.4 is 4.74 Å². The molecule has 1 aliphatic heterocycles. The zero-order valence-corrected chi connectivity index (χ0v) is 18.3. The highest BCUT2D eigenvalue weighted by Gasteiger charge is 2.29. The molecule has 0 aromatic heterocycles. The Morgan fingerprint density at radius 3 is 2.58 bits per heavy atom. The third kappa shape index (κ3) is 6.19. The second-order valence-corrected chi connectivity index (χ2v) is 9.14. The molecular weight excluding hydrogens is 394 g/mol. The first-order chi connectivity index (χ1) is 12.2. The predicted octanol–water partition coefficient (Wildman–Crippen LogP) is 5.81. The molecule has 4 nitrogen and oxygen atoms in total. The lowest BCUT2D eigenvalue weighted by atomic mass is 9.84. The first-order valence-electron chi connectivity index (χ1n) is 9.53. The Morgan fingerprint density at radius 1 is 1.31 bits per heavy atom. The van der Waals surface area contributed by atoms with Crippen LogP contribution in [0.2, 0.25) is 0 Å². The number of hydrogen-bond donors (Lipinski definition) is 0. The lowest BCUT2D eigenvalue weighted by Crippen LogP contribution is -2.42. The summed E-state index contributed by atoms with van der Waals surface area (Å²) in [6.45, 7) is 12.4. The maximum Gasteiger partial charge on any atom is 0.410 e. The van der Waals surface area contributed by atoms with E-state index < -0.39 is 5.60 Å². The summed E-state index contributed by atoms with van der Waals surface area (Å²) < 4.78 is 12.5. The summed E-state index contributed by atoms with van der Waals surface area (Å²) in [7, 11) is 0. The molecule has 0 N–H and O–H groups in total. The molecule has 5 heteroatoms. The summed E-state index contributed by atoms with van der Waals surface area (Å²) >= 11 is 3.54. The van der Waals surface area contributed by atoms with E-state index in [2.05, 4.69) is 29.8 Å². The SMILES string of the molecule is Cc1c(Br)cccc1OCC[C@H](C)C1CCN(C(=O)OC(C)(C)C)CC1. The summed E-state index contributed by atoms with van der Waals surface area (Å²) in [5.74, 6) is 2.18. The molecule has 1 aromatic carbocycles. The van der Waals surface area contributed by atoms with Crippen molar-refractivity contribution in [2.24, 2.45) is 11.8 Å². The van der Waals surface area contributed by atoms with E-state index >= 15 is 0 Å². The molecule has 1 atom stereocenters. The normalized spacial score (nSPS) is 17.1. The number of benzene rings is 1. The highest BCUT2D eigenvalue weighted by atomic mass is 79.9. The lowest BCUT2D eigenvalue weighted by Gasteiger charge is -2.35. The van der Waals surface area contributed by atoms with Gasteiger partial charge in [-0.25, -0.2) is 4.79 Å². The van der Waals surface area contributed by atoms with Crippen LogP contribution in [-0.4, -0.2) is 36.3 Å². The van der Waals surface area contributed by atoms with Crippen molar-refractivity contribution in [1.29, 1.82) is 0 Å². The summed E-state index contributed by atoms with van der Waals surface area (Å²) in [5.41, 5.74) is 0.717.